The van der Waals surface area contributed by atoms with Gasteiger partial charge >= 0.3 is 0 Å². The van der Waals surface area contributed by atoms with Crippen LogP contribution in [0.2, 0.25) is 0 Å². The van der Waals surface area contributed by atoms with Gasteiger partial charge in [0, 0.05) is 6.42 Å². The van der Waals surface area contributed by atoms with Crippen LogP contribution in [0.25, 0.3) is 0 Å². The lowest BCUT2D eigenvalue weighted by molar-refractivity contribution is -0.141. The first-order valence-corrected chi connectivity index (χ1v) is 8.09. The molecule has 0 N–H and O–H groups in total. The molecule has 23 heavy (non-hydrogen) atoms. The first-order chi connectivity index (χ1) is 10.9. The third kappa shape index (κ3) is 6.65. The summed E-state index contributed by atoms with van der Waals surface area (Å²) in [5, 5.41) is 0. The molecule has 1 heterocycles. The van der Waals surface area contributed by atoms with Gasteiger partial charge in [0.15, 0.2) is 11.6 Å². The number of hydrogen-bond donors (Lipinski definition) is 0. The van der Waals surface area contributed by atoms with E-state index in [1.54, 1.807) is 6.08 Å². The molecule has 1 aliphatic rings. The van der Waals surface area contributed by atoms with Crippen molar-refractivity contribution in [2.24, 2.45) is 5.92 Å². The first-order valence-electron chi connectivity index (χ1n) is 8.09. The molecule has 4 nitrogen and oxygen atoms in total. The second-order valence-corrected chi connectivity index (χ2v) is 6.46. The van der Waals surface area contributed by atoms with E-state index < -0.39 is 5.79 Å². The largest absolute Gasteiger partial charge is 0.376 e. The lowest BCUT2D eigenvalue weighted by Crippen LogP contribution is -2.22. The van der Waals surface area contributed by atoms with Crippen LogP contribution in [0.4, 0.5) is 0 Å². The van der Waals surface area contributed by atoms with Gasteiger partial charge < -0.3 is 14.2 Å². The molecule has 0 aromatic heterocycles. The fraction of sp³-hybridized carbons (Fsp3) is 0.526. The number of carbonyl (C=O) groups is 1. The zero-order valence-electron chi connectivity index (χ0n) is 14.2. The van der Waals surface area contributed by atoms with Gasteiger partial charge in [-0.3, -0.25) is 4.79 Å². The Kier molecular flexibility index (Phi) is 6.51. The van der Waals surface area contributed by atoms with E-state index in [9.17, 15) is 4.79 Å². The number of hydrogen-bond acceptors (Lipinski definition) is 4. The summed E-state index contributed by atoms with van der Waals surface area (Å²) >= 11 is 0. The Bertz CT molecular complexity index is 521. The van der Waals surface area contributed by atoms with Crippen LogP contribution in [0, 0.1) is 5.92 Å². The van der Waals surface area contributed by atoms with Crippen molar-refractivity contribution < 1.29 is 19.0 Å². The van der Waals surface area contributed by atoms with Crippen molar-refractivity contribution >= 4 is 5.78 Å². The standard InChI is InChI=1S/C19H26O4/c1-15(12-21-13-16-7-5-4-6-8-16)9-10-17(20)11-18-14-22-19(2,3)23-18/h4-10,15,18H,11-14H2,1-3H3/b10-9+/t15-,18+/m0/s1. The van der Waals surface area contributed by atoms with Crippen LogP contribution in [0.1, 0.15) is 32.8 Å². The summed E-state index contributed by atoms with van der Waals surface area (Å²) < 4.78 is 16.8. The molecule has 1 fully saturated rings. The van der Waals surface area contributed by atoms with Gasteiger partial charge in [0.25, 0.3) is 0 Å². The molecule has 0 radical (unpaired) electrons. The van der Waals surface area contributed by atoms with Crippen LogP contribution < -0.4 is 0 Å². The highest BCUT2D eigenvalue weighted by molar-refractivity contribution is 5.90. The molecular formula is C19H26O4. The Morgan fingerprint density at radius 3 is 2.78 bits per heavy atom. The van der Waals surface area contributed by atoms with Crippen molar-refractivity contribution in [1.29, 1.82) is 0 Å². The molecule has 0 spiro atoms. The molecule has 0 unspecified atom stereocenters. The van der Waals surface area contributed by atoms with E-state index >= 15 is 0 Å². The van der Waals surface area contributed by atoms with Crippen molar-refractivity contribution in [3.8, 4) is 0 Å². The molecule has 1 aliphatic heterocycles. The molecule has 0 amide bonds. The number of rotatable bonds is 8. The Labute approximate surface area is 138 Å². The average Bonchev–Trinajstić information content (AvgIpc) is 2.85. The van der Waals surface area contributed by atoms with E-state index in [1.807, 2.05) is 57.2 Å². The van der Waals surface area contributed by atoms with Crippen molar-refractivity contribution in [3.63, 3.8) is 0 Å². The summed E-state index contributed by atoms with van der Waals surface area (Å²) in [6.07, 6.45) is 3.74. The molecule has 0 saturated carbocycles. The summed E-state index contributed by atoms with van der Waals surface area (Å²) in [5.74, 6) is -0.321. The lowest BCUT2D eigenvalue weighted by atomic mass is 10.1. The minimum Gasteiger partial charge on any atom is -0.376 e. The molecule has 2 rings (SSSR count). The summed E-state index contributed by atoms with van der Waals surface area (Å²) in [6, 6.07) is 10.1. The van der Waals surface area contributed by atoms with Crippen molar-refractivity contribution in [2.45, 2.75) is 45.7 Å². The topological polar surface area (TPSA) is 44.8 Å². The average molecular weight is 318 g/mol. The van der Waals surface area contributed by atoms with Gasteiger partial charge in [0.2, 0.25) is 0 Å². The Hall–Kier alpha value is -1.49. The fourth-order valence-corrected chi connectivity index (χ4v) is 2.42. The third-order valence-electron chi connectivity index (χ3n) is 3.60. The normalized spacial score (nSPS) is 21.6. The van der Waals surface area contributed by atoms with E-state index in [2.05, 4.69) is 0 Å². The summed E-state index contributed by atoms with van der Waals surface area (Å²) in [4.78, 5) is 11.9. The molecule has 1 aromatic rings. The number of ether oxygens (including phenoxy) is 3. The van der Waals surface area contributed by atoms with Crippen LogP contribution in [0.15, 0.2) is 42.5 Å². The Morgan fingerprint density at radius 2 is 2.13 bits per heavy atom. The highest BCUT2D eigenvalue weighted by atomic mass is 16.7. The zero-order valence-corrected chi connectivity index (χ0v) is 14.2. The van der Waals surface area contributed by atoms with E-state index in [-0.39, 0.29) is 17.8 Å². The van der Waals surface area contributed by atoms with E-state index in [1.165, 1.54) is 0 Å². The minimum atomic E-state index is -0.576. The van der Waals surface area contributed by atoms with Crippen molar-refractivity contribution in [1.82, 2.24) is 0 Å². The highest BCUT2D eigenvalue weighted by Gasteiger charge is 2.33. The maximum absolute atomic E-state index is 11.9. The SMILES string of the molecule is C[C@@H](/C=C/C(=O)C[C@@H]1COC(C)(C)O1)COCc1ccccc1. The van der Waals surface area contributed by atoms with Crippen LogP contribution in [-0.2, 0) is 25.6 Å². The number of carbonyl (C=O) groups excluding carboxylic acids is 1. The maximum Gasteiger partial charge on any atom is 0.163 e. The smallest absolute Gasteiger partial charge is 0.163 e. The van der Waals surface area contributed by atoms with Gasteiger partial charge in [0.05, 0.1) is 25.9 Å². The van der Waals surface area contributed by atoms with E-state index in [0.717, 1.165) is 5.56 Å². The molecule has 1 saturated heterocycles. The molecule has 4 heteroatoms. The van der Waals surface area contributed by atoms with Crippen molar-refractivity contribution in [2.75, 3.05) is 13.2 Å². The van der Waals surface area contributed by atoms with Crippen molar-refractivity contribution in [3.05, 3.63) is 48.0 Å². The van der Waals surface area contributed by atoms with Crippen LogP contribution in [0.3, 0.4) is 0 Å². The van der Waals surface area contributed by atoms with E-state index in [0.29, 0.717) is 26.2 Å². The van der Waals surface area contributed by atoms with Gasteiger partial charge in [-0.15, -0.1) is 0 Å². The first kappa shape index (κ1) is 17.9. The summed E-state index contributed by atoms with van der Waals surface area (Å²) in [6.45, 7) is 7.42. The highest BCUT2D eigenvalue weighted by Crippen LogP contribution is 2.24. The Balaban J connectivity index is 1.65. The molecule has 126 valence electrons. The van der Waals surface area contributed by atoms with Gasteiger partial charge in [-0.25, -0.2) is 0 Å². The predicted octanol–water partition coefficient (Wildman–Crippen LogP) is 3.51. The van der Waals surface area contributed by atoms with Crippen LogP contribution >= 0.6 is 0 Å². The minimum absolute atomic E-state index is 0.0613. The van der Waals surface area contributed by atoms with Gasteiger partial charge in [0.1, 0.15) is 0 Å². The number of allylic oxidation sites excluding steroid dienone is 1. The second-order valence-electron chi connectivity index (χ2n) is 6.46. The summed E-state index contributed by atoms with van der Waals surface area (Å²) in [5.41, 5.74) is 1.15. The number of benzene rings is 1. The van der Waals surface area contributed by atoms with Gasteiger partial charge in [-0.05, 0) is 31.4 Å². The zero-order chi connectivity index (χ0) is 16.7. The second kappa shape index (κ2) is 8.39. The lowest BCUT2D eigenvalue weighted by Gasteiger charge is -2.16. The van der Waals surface area contributed by atoms with Gasteiger partial charge in [-0.1, -0.05) is 43.3 Å². The fourth-order valence-electron chi connectivity index (χ4n) is 2.42. The van der Waals surface area contributed by atoms with E-state index in [4.69, 9.17) is 14.2 Å². The van der Waals surface area contributed by atoms with Gasteiger partial charge in [-0.2, -0.15) is 0 Å². The predicted molar refractivity (Wildman–Crippen MR) is 88.9 cm³/mol. The molecule has 0 aliphatic carbocycles. The maximum atomic E-state index is 11.9. The number of ketones is 1. The van der Waals surface area contributed by atoms with Crippen LogP contribution in [0.5, 0.6) is 0 Å². The van der Waals surface area contributed by atoms with Crippen LogP contribution in [-0.4, -0.2) is 30.9 Å². The summed E-state index contributed by atoms with van der Waals surface area (Å²) in [7, 11) is 0. The molecule has 0 bridgehead atoms. The third-order valence-corrected chi connectivity index (χ3v) is 3.60. The molecule has 1 aromatic carbocycles. The molecular weight excluding hydrogens is 292 g/mol. The Morgan fingerprint density at radius 1 is 1.39 bits per heavy atom. The molecule has 2 atom stereocenters. The quantitative estimate of drug-likeness (QED) is 0.688. The monoisotopic (exact) mass is 318 g/mol.